The second kappa shape index (κ2) is 5.11. The first-order valence-electron chi connectivity index (χ1n) is 4.85. The zero-order chi connectivity index (χ0) is 13.3. The van der Waals surface area contributed by atoms with Gasteiger partial charge in [0.15, 0.2) is 16.7 Å². The van der Waals surface area contributed by atoms with Crippen molar-refractivity contribution < 1.29 is 13.6 Å². The number of carbonyl (C=O) groups is 1. The van der Waals surface area contributed by atoms with Crippen LogP contribution >= 0.6 is 27.3 Å². The lowest BCUT2D eigenvalue weighted by Crippen LogP contribution is -2.10. The van der Waals surface area contributed by atoms with Crippen molar-refractivity contribution in [3.05, 3.63) is 44.9 Å². The van der Waals surface area contributed by atoms with Gasteiger partial charge in [-0.2, -0.15) is 0 Å². The number of thiazole rings is 1. The van der Waals surface area contributed by atoms with Crippen molar-refractivity contribution in [3.63, 3.8) is 0 Å². The van der Waals surface area contributed by atoms with E-state index in [1.54, 1.807) is 5.38 Å². The normalized spacial score (nSPS) is 10.6. The smallest absolute Gasteiger partial charge is 0.180 e. The van der Waals surface area contributed by atoms with Crippen molar-refractivity contribution in [2.75, 3.05) is 5.73 Å². The van der Waals surface area contributed by atoms with Crippen LogP contribution in [0, 0.1) is 11.6 Å². The van der Waals surface area contributed by atoms with Crippen LogP contribution in [0.25, 0.3) is 0 Å². The zero-order valence-corrected chi connectivity index (χ0v) is 11.3. The maximum atomic E-state index is 13.7. The first-order valence-corrected chi connectivity index (χ1v) is 6.53. The molecule has 0 amide bonds. The fourth-order valence-corrected chi connectivity index (χ4v) is 2.33. The van der Waals surface area contributed by atoms with Crippen LogP contribution in [0.15, 0.2) is 22.0 Å². The summed E-state index contributed by atoms with van der Waals surface area (Å²) in [7, 11) is 0. The average molecular weight is 333 g/mol. The largest absolute Gasteiger partial charge is 0.375 e. The molecule has 1 aromatic carbocycles. The topological polar surface area (TPSA) is 56.0 Å². The quantitative estimate of drug-likeness (QED) is 0.693. The Labute approximate surface area is 114 Å². The maximum absolute atomic E-state index is 13.7. The number of nitrogens with two attached hydrogens (primary N) is 1. The first-order chi connectivity index (χ1) is 8.49. The molecule has 0 radical (unpaired) electrons. The number of carbonyl (C=O) groups excluding carboxylic acids is 1. The summed E-state index contributed by atoms with van der Waals surface area (Å²) < 4.78 is 27.2. The van der Waals surface area contributed by atoms with E-state index in [1.165, 1.54) is 17.4 Å². The van der Waals surface area contributed by atoms with Gasteiger partial charge in [0.25, 0.3) is 0 Å². The summed E-state index contributed by atoms with van der Waals surface area (Å²) in [6, 6.07) is 2.25. The third-order valence-corrected chi connectivity index (χ3v) is 3.57. The van der Waals surface area contributed by atoms with Gasteiger partial charge < -0.3 is 5.73 Å². The molecule has 0 aliphatic carbocycles. The molecule has 0 saturated carbocycles. The number of Topliss-reactive ketones (excluding diaryl/α,β-unsaturated/α-hetero) is 1. The van der Waals surface area contributed by atoms with E-state index >= 15 is 0 Å². The summed E-state index contributed by atoms with van der Waals surface area (Å²) in [5.74, 6) is -2.45. The van der Waals surface area contributed by atoms with E-state index in [0.717, 1.165) is 6.07 Å². The second-order valence-electron chi connectivity index (χ2n) is 3.50. The van der Waals surface area contributed by atoms with Gasteiger partial charge >= 0.3 is 0 Å². The minimum atomic E-state index is -0.900. The number of halogens is 3. The lowest BCUT2D eigenvalue weighted by Gasteiger charge is -2.04. The van der Waals surface area contributed by atoms with Gasteiger partial charge in [0, 0.05) is 5.38 Å². The van der Waals surface area contributed by atoms with Crippen molar-refractivity contribution >= 4 is 38.2 Å². The lowest BCUT2D eigenvalue weighted by molar-refractivity contribution is 0.0984. The molecule has 18 heavy (non-hydrogen) atoms. The Morgan fingerprint density at radius 3 is 2.78 bits per heavy atom. The standard InChI is InChI=1S/C11H7BrF2N2OS/c12-6-1-2-7(13)9(10(6)14)8(17)3-5-4-18-11(15)16-5/h1-2,4H,3H2,(H2,15,16). The summed E-state index contributed by atoms with van der Waals surface area (Å²) in [4.78, 5) is 15.7. The molecule has 0 aliphatic heterocycles. The van der Waals surface area contributed by atoms with Gasteiger partial charge in [-0.15, -0.1) is 11.3 Å². The highest BCUT2D eigenvalue weighted by Gasteiger charge is 2.20. The highest BCUT2D eigenvalue weighted by atomic mass is 79.9. The molecule has 7 heteroatoms. The predicted octanol–water partition coefficient (Wildman–Crippen LogP) is 3.19. The second-order valence-corrected chi connectivity index (χ2v) is 5.24. The predicted molar refractivity (Wildman–Crippen MR) is 68.6 cm³/mol. The van der Waals surface area contributed by atoms with Crippen LogP contribution in [-0.4, -0.2) is 10.8 Å². The van der Waals surface area contributed by atoms with Crippen LogP contribution in [0.3, 0.4) is 0 Å². The van der Waals surface area contributed by atoms with Crippen LogP contribution < -0.4 is 5.73 Å². The molecule has 1 heterocycles. The first kappa shape index (κ1) is 13.1. The van der Waals surface area contributed by atoms with Crippen molar-refractivity contribution in [2.24, 2.45) is 0 Å². The maximum Gasteiger partial charge on any atom is 0.180 e. The van der Waals surface area contributed by atoms with E-state index in [4.69, 9.17) is 5.73 Å². The Bertz CT molecular complexity index is 615. The summed E-state index contributed by atoms with van der Waals surface area (Å²) >= 11 is 4.08. The summed E-state index contributed by atoms with van der Waals surface area (Å²) in [5, 5.41) is 1.90. The SMILES string of the molecule is Nc1nc(CC(=O)c2c(F)ccc(Br)c2F)cs1. The third kappa shape index (κ3) is 2.56. The Morgan fingerprint density at radius 2 is 2.17 bits per heavy atom. The molecule has 2 aromatic rings. The van der Waals surface area contributed by atoms with Crippen molar-refractivity contribution in [3.8, 4) is 0 Å². The van der Waals surface area contributed by atoms with Crippen molar-refractivity contribution in [1.29, 1.82) is 0 Å². The highest BCUT2D eigenvalue weighted by Crippen LogP contribution is 2.23. The molecule has 0 aliphatic rings. The molecule has 0 unspecified atom stereocenters. The van der Waals surface area contributed by atoms with Crippen LogP contribution in [-0.2, 0) is 6.42 Å². The molecule has 0 atom stereocenters. The van der Waals surface area contributed by atoms with Gasteiger partial charge in [-0.3, -0.25) is 4.79 Å². The Hall–Kier alpha value is -1.34. The van der Waals surface area contributed by atoms with Crippen LogP contribution in [0.5, 0.6) is 0 Å². The number of rotatable bonds is 3. The monoisotopic (exact) mass is 332 g/mol. The average Bonchev–Trinajstić information content (AvgIpc) is 2.70. The fourth-order valence-electron chi connectivity index (χ4n) is 1.44. The van der Waals surface area contributed by atoms with Crippen molar-refractivity contribution in [1.82, 2.24) is 4.98 Å². The molecule has 94 valence electrons. The molecule has 0 saturated heterocycles. The van der Waals surface area contributed by atoms with E-state index in [1.807, 2.05) is 0 Å². The van der Waals surface area contributed by atoms with Gasteiger partial charge in [0.2, 0.25) is 0 Å². The van der Waals surface area contributed by atoms with Crippen LogP contribution in [0.4, 0.5) is 13.9 Å². The third-order valence-electron chi connectivity index (χ3n) is 2.23. The molecule has 0 bridgehead atoms. The molecular formula is C11H7BrF2N2OS. The number of nitrogen functional groups attached to an aromatic ring is 1. The summed E-state index contributed by atoms with van der Waals surface area (Å²) in [6.45, 7) is 0. The number of hydrogen-bond donors (Lipinski definition) is 1. The number of anilines is 1. The van der Waals surface area contributed by atoms with E-state index in [0.29, 0.717) is 10.8 Å². The molecule has 0 spiro atoms. The van der Waals surface area contributed by atoms with E-state index < -0.39 is 23.0 Å². The number of nitrogens with zero attached hydrogens (tertiary/aromatic N) is 1. The fraction of sp³-hybridized carbons (Fsp3) is 0.0909. The van der Waals surface area contributed by atoms with Gasteiger partial charge in [-0.25, -0.2) is 13.8 Å². The number of ketones is 1. The highest BCUT2D eigenvalue weighted by molar-refractivity contribution is 9.10. The molecule has 2 rings (SSSR count). The van der Waals surface area contributed by atoms with Gasteiger partial charge in [0.05, 0.1) is 22.2 Å². The van der Waals surface area contributed by atoms with Crippen LogP contribution in [0.2, 0.25) is 0 Å². The van der Waals surface area contributed by atoms with Gasteiger partial charge in [0.1, 0.15) is 5.82 Å². The van der Waals surface area contributed by atoms with Gasteiger partial charge in [-0.05, 0) is 28.1 Å². The molecule has 1 aromatic heterocycles. The number of benzene rings is 1. The Kier molecular flexibility index (Phi) is 3.72. The Morgan fingerprint density at radius 1 is 1.44 bits per heavy atom. The lowest BCUT2D eigenvalue weighted by atomic mass is 10.1. The molecule has 2 N–H and O–H groups in total. The molecule has 3 nitrogen and oxygen atoms in total. The molecule has 0 fully saturated rings. The molecular weight excluding hydrogens is 326 g/mol. The summed E-state index contributed by atoms with van der Waals surface area (Å²) in [6.07, 6.45) is -0.183. The number of aromatic nitrogens is 1. The minimum absolute atomic E-state index is 0.0463. The Balaban J connectivity index is 2.32. The van der Waals surface area contributed by atoms with E-state index in [2.05, 4.69) is 20.9 Å². The summed E-state index contributed by atoms with van der Waals surface area (Å²) in [5.41, 5.74) is 5.26. The van der Waals surface area contributed by atoms with Crippen molar-refractivity contribution in [2.45, 2.75) is 6.42 Å². The van der Waals surface area contributed by atoms with E-state index in [-0.39, 0.29) is 10.9 Å². The van der Waals surface area contributed by atoms with Crippen LogP contribution in [0.1, 0.15) is 16.1 Å². The van der Waals surface area contributed by atoms with E-state index in [9.17, 15) is 13.6 Å². The minimum Gasteiger partial charge on any atom is -0.375 e. The number of hydrogen-bond acceptors (Lipinski definition) is 4. The zero-order valence-electron chi connectivity index (χ0n) is 8.91. The van der Waals surface area contributed by atoms with Gasteiger partial charge in [-0.1, -0.05) is 0 Å².